The van der Waals surface area contributed by atoms with Crippen LogP contribution < -0.4 is 0 Å². The van der Waals surface area contributed by atoms with Gasteiger partial charge in [0.1, 0.15) is 0 Å². The second-order valence-corrected chi connectivity index (χ2v) is 5.29. The molecule has 14 heavy (non-hydrogen) atoms. The molecular weight excluding hydrogens is 214 g/mol. The van der Waals surface area contributed by atoms with E-state index in [4.69, 9.17) is 11.6 Å². The Labute approximate surface area is 94.7 Å². The molecule has 0 unspecified atom stereocenters. The lowest BCUT2D eigenvalue weighted by Gasteiger charge is -2.18. The van der Waals surface area contributed by atoms with E-state index in [2.05, 4.69) is 10.3 Å². The fourth-order valence-electron chi connectivity index (χ4n) is 1.94. The van der Waals surface area contributed by atoms with Gasteiger partial charge in [0.05, 0.1) is 5.02 Å². The minimum Gasteiger partial charge on any atom is -0.298 e. The molecule has 78 valence electrons. The molecule has 1 aromatic rings. The summed E-state index contributed by atoms with van der Waals surface area (Å²) in [6, 6.07) is 2.00. The Kier molecular flexibility index (Phi) is 3.85. The van der Waals surface area contributed by atoms with E-state index in [1.165, 1.54) is 43.6 Å². The average Bonchev–Trinajstić information content (AvgIpc) is 2.44. The second-order valence-electron chi connectivity index (χ2n) is 3.88. The number of halogens is 1. The first-order valence-corrected chi connectivity index (χ1v) is 6.56. The summed E-state index contributed by atoms with van der Waals surface area (Å²) in [7, 11) is 0. The van der Waals surface area contributed by atoms with Crippen molar-refractivity contribution in [1.29, 1.82) is 0 Å². The molecule has 0 aliphatic carbocycles. The third kappa shape index (κ3) is 2.72. The maximum Gasteiger partial charge on any atom is 0.0558 e. The zero-order chi connectivity index (χ0) is 9.80. The number of rotatable bonds is 2. The first-order chi connectivity index (χ1) is 6.86. The second kappa shape index (κ2) is 5.15. The van der Waals surface area contributed by atoms with Crippen molar-refractivity contribution in [2.45, 2.75) is 32.2 Å². The molecule has 2 rings (SSSR count). The topological polar surface area (TPSA) is 3.24 Å². The summed E-state index contributed by atoms with van der Waals surface area (Å²) in [6.07, 6.45) is 5.50. The molecule has 1 fully saturated rings. The molecule has 3 heteroatoms. The van der Waals surface area contributed by atoms with Crippen molar-refractivity contribution < 1.29 is 0 Å². The quantitative estimate of drug-likeness (QED) is 0.746. The smallest absolute Gasteiger partial charge is 0.0558 e. The van der Waals surface area contributed by atoms with E-state index in [0.29, 0.717) is 0 Å². The molecule has 0 N–H and O–H groups in total. The minimum absolute atomic E-state index is 0.944. The number of likely N-dealkylation sites (tertiary alicyclic amines) is 1. The van der Waals surface area contributed by atoms with Crippen LogP contribution in [0.1, 0.15) is 30.6 Å². The van der Waals surface area contributed by atoms with Gasteiger partial charge in [-0.25, -0.2) is 0 Å². The lowest BCUT2D eigenvalue weighted by Crippen LogP contribution is -2.23. The molecule has 0 saturated carbocycles. The van der Waals surface area contributed by atoms with Gasteiger partial charge in [-0.1, -0.05) is 24.4 Å². The predicted octanol–water partition coefficient (Wildman–Crippen LogP) is 3.78. The summed E-state index contributed by atoms with van der Waals surface area (Å²) in [5.41, 5.74) is 0. The van der Waals surface area contributed by atoms with E-state index in [0.717, 1.165) is 11.6 Å². The van der Waals surface area contributed by atoms with Gasteiger partial charge in [-0.15, -0.1) is 11.3 Å². The number of nitrogens with zero attached hydrogens (tertiary/aromatic N) is 1. The Hall–Kier alpha value is -0.0500. The molecule has 1 aliphatic heterocycles. The normalized spacial score (nSPS) is 19.5. The largest absolute Gasteiger partial charge is 0.298 e. The van der Waals surface area contributed by atoms with Crippen molar-refractivity contribution in [1.82, 2.24) is 4.90 Å². The maximum atomic E-state index is 6.08. The Morgan fingerprint density at radius 3 is 2.50 bits per heavy atom. The SMILES string of the molecule is Clc1ccsc1CN1CCCCCC1. The lowest BCUT2D eigenvalue weighted by molar-refractivity contribution is 0.279. The fraction of sp³-hybridized carbons (Fsp3) is 0.636. The van der Waals surface area contributed by atoms with Crippen LogP contribution in [-0.4, -0.2) is 18.0 Å². The van der Waals surface area contributed by atoms with Gasteiger partial charge in [-0.3, -0.25) is 4.90 Å². The summed E-state index contributed by atoms with van der Waals surface area (Å²) in [6.45, 7) is 3.54. The Morgan fingerprint density at radius 1 is 1.21 bits per heavy atom. The van der Waals surface area contributed by atoms with Gasteiger partial charge in [-0.2, -0.15) is 0 Å². The molecule has 0 bridgehead atoms. The average molecular weight is 230 g/mol. The van der Waals surface area contributed by atoms with Crippen LogP contribution in [0.5, 0.6) is 0 Å². The molecule has 0 radical (unpaired) electrons. The van der Waals surface area contributed by atoms with Crippen LogP contribution in [0.3, 0.4) is 0 Å². The molecule has 2 heterocycles. The van der Waals surface area contributed by atoms with E-state index in [9.17, 15) is 0 Å². The predicted molar refractivity (Wildman–Crippen MR) is 63.1 cm³/mol. The highest BCUT2D eigenvalue weighted by atomic mass is 35.5. The zero-order valence-electron chi connectivity index (χ0n) is 8.34. The fourth-order valence-corrected chi connectivity index (χ4v) is 3.07. The van der Waals surface area contributed by atoms with Crippen molar-refractivity contribution in [3.05, 3.63) is 21.3 Å². The molecule has 1 aromatic heterocycles. The van der Waals surface area contributed by atoms with Crippen LogP contribution >= 0.6 is 22.9 Å². The third-order valence-corrected chi connectivity index (χ3v) is 4.13. The summed E-state index contributed by atoms with van der Waals surface area (Å²) in [4.78, 5) is 3.86. The minimum atomic E-state index is 0.944. The van der Waals surface area contributed by atoms with Crippen molar-refractivity contribution >= 4 is 22.9 Å². The first kappa shape index (κ1) is 10.5. The summed E-state index contributed by atoms with van der Waals surface area (Å²) in [5.74, 6) is 0. The van der Waals surface area contributed by atoms with Crippen LogP contribution in [0.2, 0.25) is 5.02 Å². The third-order valence-electron chi connectivity index (χ3n) is 2.76. The Morgan fingerprint density at radius 2 is 1.93 bits per heavy atom. The van der Waals surface area contributed by atoms with Crippen LogP contribution in [0.15, 0.2) is 11.4 Å². The van der Waals surface area contributed by atoms with Gasteiger partial charge in [0.2, 0.25) is 0 Å². The molecule has 0 amide bonds. The maximum absolute atomic E-state index is 6.08. The number of thiophene rings is 1. The molecule has 1 aliphatic rings. The Balaban J connectivity index is 1.92. The monoisotopic (exact) mass is 229 g/mol. The van der Waals surface area contributed by atoms with Crippen LogP contribution in [0, 0.1) is 0 Å². The molecule has 1 nitrogen and oxygen atoms in total. The highest BCUT2D eigenvalue weighted by Crippen LogP contribution is 2.24. The van der Waals surface area contributed by atoms with Gasteiger partial charge in [0.25, 0.3) is 0 Å². The van der Waals surface area contributed by atoms with Gasteiger partial charge < -0.3 is 0 Å². The molecule has 0 spiro atoms. The molecule has 1 saturated heterocycles. The summed E-state index contributed by atoms with van der Waals surface area (Å²) < 4.78 is 0. The van der Waals surface area contributed by atoms with Gasteiger partial charge in [-0.05, 0) is 37.4 Å². The van der Waals surface area contributed by atoms with Crippen LogP contribution in [0.25, 0.3) is 0 Å². The number of hydrogen-bond donors (Lipinski definition) is 0. The summed E-state index contributed by atoms with van der Waals surface area (Å²) in [5, 5.41) is 3.02. The highest BCUT2D eigenvalue weighted by molar-refractivity contribution is 7.10. The van der Waals surface area contributed by atoms with E-state index in [-0.39, 0.29) is 0 Å². The Bertz CT molecular complexity index is 277. The van der Waals surface area contributed by atoms with E-state index < -0.39 is 0 Å². The van der Waals surface area contributed by atoms with Gasteiger partial charge in [0, 0.05) is 11.4 Å². The van der Waals surface area contributed by atoms with E-state index in [1.54, 1.807) is 11.3 Å². The highest BCUT2D eigenvalue weighted by Gasteiger charge is 2.11. The lowest BCUT2D eigenvalue weighted by atomic mass is 10.2. The van der Waals surface area contributed by atoms with E-state index >= 15 is 0 Å². The van der Waals surface area contributed by atoms with Crippen molar-refractivity contribution in [3.8, 4) is 0 Å². The first-order valence-electron chi connectivity index (χ1n) is 5.30. The summed E-state index contributed by atoms with van der Waals surface area (Å²) >= 11 is 7.86. The zero-order valence-corrected chi connectivity index (χ0v) is 9.91. The van der Waals surface area contributed by atoms with E-state index in [1.807, 2.05) is 6.07 Å². The van der Waals surface area contributed by atoms with Gasteiger partial charge in [0.15, 0.2) is 0 Å². The number of hydrogen-bond acceptors (Lipinski definition) is 2. The van der Waals surface area contributed by atoms with Crippen molar-refractivity contribution in [2.75, 3.05) is 13.1 Å². The van der Waals surface area contributed by atoms with Crippen molar-refractivity contribution in [3.63, 3.8) is 0 Å². The van der Waals surface area contributed by atoms with Crippen molar-refractivity contribution in [2.24, 2.45) is 0 Å². The molecule has 0 aromatic carbocycles. The van der Waals surface area contributed by atoms with Crippen LogP contribution in [0.4, 0.5) is 0 Å². The molecular formula is C11H16ClNS. The van der Waals surface area contributed by atoms with Gasteiger partial charge >= 0.3 is 0 Å². The molecule has 0 atom stereocenters. The van der Waals surface area contributed by atoms with Crippen LogP contribution in [-0.2, 0) is 6.54 Å². The standard InChI is InChI=1S/C11H16ClNS/c12-10-5-8-14-11(10)9-13-6-3-1-2-4-7-13/h5,8H,1-4,6-7,9H2.